The van der Waals surface area contributed by atoms with Crippen LogP contribution in [0.5, 0.6) is 0 Å². The molecule has 0 atom stereocenters. The van der Waals surface area contributed by atoms with E-state index in [4.69, 9.17) is 5.73 Å². The molecule has 0 saturated carbocycles. The first-order valence-corrected chi connectivity index (χ1v) is 5.39. The fourth-order valence-corrected chi connectivity index (χ4v) is 1.41. The number of rotatable bonds is 3. The summed E-state index contributed by atoms with van der Waals surface area (Å²) in [5, 5.41) is 2.61. The van der Waals surface area contributed by atoms with E-state index in [0.29, 0.717) is 17.8 Å². The molecule has 0 aromatic heterocycles. The maximum absolute atomic E-state index is 13.7. The number of nitrogen functional groups attached to an aromatic ring is 1. The van der Waals surface area contributed by atoms with E-state index in [0.717, 1.165) is 5.57 Å². The third-order valence-corrected chi connectivity index (χ3v) is 2.29. The molecule has 0 bridgehead atoms. The quantitative estimate of drug-likeness (QED) is 0.625. The Morgan fingerprint density at radius 3 is 2.71 bits per heavy atom. The number of carbonyl (C=O) groups is 1. The largest absolute Gasteiger partial charge is 0.399 e. The van der Waals surface area contributed by atoms with Crippen LogP contribution in [0.1, 0.15) is 29.8 Å². The second kappa shape index (κ2) is 5.48. The molecule has 4 heteroatoms. The van der Waals surface area contributed by atoms with Crippen LogP contribution in [0.2, 0.25) is 0 Å². The highest BCUT2D eigenvalue weighted by molar-refractivity contribution is 5.95. The van der Waals surface area contributed by atoms with Crippen LogP contribution in [0.4, 0.5) is 10.1 Å². The van der Waals surface area contributed by atoms with Gasteiger partial charge in [-0.15, -0.1) is 0 Å². The number of aryl methyl sites for hydroxylation is 1. The molecule has 0 radical (unpaired) electrons. The van der Waals surface area contributed by atoms with E-state index in [9.17, 15) is 9.18 Å². The van der Waals surface area contributed by atoms with Crippen LogP contribution in [-0.4, -0.2) is 12.5 Å². The van der Waals surface area contributed by atoms with E-state index in [1.807, 2.05) is 19.9 Å². The Labute approximate surface area is 101 Å². The second-order valence-electron chi connectivity index (χ2n) is 4.19. The van der Waals surface area contributed by atoms with Gasteiger partial charge in [-0.3, -0.25) is 4.79 Å². The number of nitrogens with one attached hydrogen (secondary N) is 1. The molecule has 0 unspecified atom stereocenters. The van der Waals surface area contributed by atoms with Crippen molar-refractivity contribution in [3.05, 3.63) is 40.7 Å². The van der Waals surface area contributed by atoms with Crippen molar-refractivity contribution in [2.75, 3.05) is 12.3 Å². The number of allylic oxidation sites excluding steroid dienone is 1. The zero-order valence-electron chi connectivity index (χ0n) is 10.3. The smallest absolute Gasteiger partial charge is 0.254 e. The highest BCUT2D eigenvalue weighted by Gasteiger charge is 2.13. The molecule has 1 aromatic carbocycles. The van der Waals surface area contributed by atoms with E-state index in [-0.39, 0.29) is 5.56 Å². The lowest BCUT2D eigenvalue weighted by Gasteiger charge is -2.07. The third-order valence-electron chi connectivity index (χ3n) is 2.29. The molecule has 1 aromatic rings. The summed E-state index contributed by atoms with van der Waals surface area (Å²) in [5.74, 6) is -0.968. The van der Waals surface area contributed by atoms with E-state index in [1.54, 1.807) is 6.92 Å². The van der Waals surface area contributed by atoms with Crippen molar-refractivity contribution < 1.29 is 9.18 Å². The normalized spacial score (nSPS) is 9.88. The van der Waals surface area contributed by atoms with Gasteiger partial charge in [0.05, 0.1) is 5.56 Å². The Hall–Kier alpha value is -1.84. The molecule has 0 aliphatic rings. The minimum atomic E-state index is -0.520. The van der Waals surface area contributed by atoms with E-state index < -0.39 is 11.7 Å². The summed E-state index contributed by atoms with van der Waals surface area (Å²) in [7, 11) is 0. The predicted molar refractivity (Wildman–Crippen MR) is 67.3 cm³/mol. The summed E-state index contributed by atoms with van der Waals surface area (Å²) in [4.78, 5) is 11.7. The van der Waals surface area contributed by atoms with Crippen molar-refractivity contribution in [3.8, 4) is 0 Å². The number of anilines is 1. The highest BCUT2D eigenvalue weighted by Crippen LogP contribution is 2.16. The molecular formula is C13H17FN2O. The van der Waals surface area contributed by atoms with Crippen LogP contribution in [0.3, 0.4) is 0 Å². The highest BCUT2D eigenvalue weighted by atomic mass is 19.1. The summed E-state index contributed by atoms with van der Waals surface area (Å²) in [6, 6.07) is 2.85. The number of hydrogen-bond acceptors (Lipinski definition) is 2. The Bertz CT molecular complexity index is 463. The van der Waals surface area contributed by atoms with Gasteiger partial charge < -0.3 is 11.1 Å². The maximum atomic E-state index is 13.7. The first kappa shape index (κ1) is 13.2. The van der Waals surface area contributed by atoms with Crippen LogP contribution in [-0.2, 0) is 0 Å². The molecule has 0 aliphatic heterocycles. The molecular weight excluding hydrogens is 219 g/mol. The molecule has 0 fully saturated rings. The monoisotopic (exact) mass is 236 g/mol. The minimum Gasteiger partial charge on any atom is -0.399 e. The summed E-state index contributed by atoms with van der Waals surface area (Å²) in [6.45, 7) is 5.82. The molecule has 0 heterocycles. The summed E-state index contributed by atoms with van der Waals surface area (Å²) in [6.07, 6.45) is 1.86. The predicted octanol–water partition coefficient (Wildman–Crippen LogP) is 2.41. The number of benzene rings is 1. The van der Waals surface area contributed by atoms with Crippen LogP contribution < -0.4 is 11.1 Å². The topological polar surface area (TPSA) is 55.1 Å². The first-order chi connectivity index (χ1) is 7.91. The van der Waals surface area contributed by atoms with E-state index in [1.165, 1.54) is 12.1 Å². The Morgan fingerprint density at radius 2 is 2.12 bits per heavy atom. The van der Waals surface area contributed by atoms with Crippen molar-refractivity contribution >= 4 is 11.6 Å². The van der Waals surface area contributed by atoms with Crippen molar-refractivity contribution in [1.82, 2.24) is 5.32 Å². The van der Waals surface area contributed by atoms with Gasteiger partial charge in [-0.1, -0.05) is 11.6 Å². The minimum absolute atomic E-state index is 0.00958. The zero-order chi connectivity index (χ0) is 13.0. The molecule has 1 amide bonds. The standard InChI is InChI=1S/C13H17FN2O/c1-8(2)4-5-16-13(17)11-7-10(15)6-9(3)12(11)14/h4,6-7H,5,15H2,1-3H3,(H,16,17). The molecule has 92 valence electrons. The Morgan fingerprint density at radius 1 is 1.47 bits per heavy atom. The zero-order valence-corrected chi connectivity index (χ0v) is 10.3. The van der Waals surface area contributed by atoms with Crippen LogP contribution in [0.25, 0.3) is 0 Å². The van der Waals surface area contributed by atoms with Gasteiger partial charge >= 0.3 is 0 Å². The summed E-state index contributed by atoms with van der Waals surface area (Å²) >= 11 is 0. The second-order valence-corrected chi connectivity index (χ2v) is 4.19. The lowest BCUT2D eigenvalue weighted by Crippen LogP contribution is -2.25. The van der Waals surface area contributed by atoms with Crippen LogP contribution in [0.15, 0.2) is 23.8 Å². The maximum Gasteiger partial charge on any atom is 0.254 e. The van der Waals surface area contributed by atoms with Crippen molar-refractivity contribution in [2.45, 2.75) is 20.8 Å². The lowest BCUT2D eigenvalue weighted by molar-refractivity contribution is 0.0954. The molecule has 0 saturated heterocycles. The number of amides is 1. The molecule has 17 heavy (non-hydrogen) atoms. The van der Waals surface area contributed by atoms with Crippen LogP contribution in [0, 0.1) is 12.7 Å². The van der Waals surface area contributed by atoms with Gasteiger partial charge in [-0.2, -0.15) is 0 Å². The van der Waals surface area contributed by atoms with Gasteiger partial charge in [-0.05, 0) is 38.5 Å². The Kier molecular flexibility index (Phi) is 4.26. The van der Waals surface area contributed by atoms with Gasteiger partial charge in [0, 0.05) is 12.2 Å². The van der Waals surface area contributed by atoms with Gasteiger partial charge in [0.2, 0.25) is 0 Å². The number of nitrogens with two attached hydrogens (primary N) is 1. The van der Waals surface area contributed by atoms with E-state index >= 15 is 0 Å². The molecule has 3 nitrogen and oxygen atoms in total. The van der Waals surface area contributed by atoms with Gasteiger partial charge in [-0.25, -0.2) is 4.39 Å². The number of halogens is 1. The van der Waals surface area contributed by atoms with Crippen molar-refractivity contribution in [1.29, 1.82) is 0 Å². The van der Waals surface area contributed by atoms with Gasteiger partial charge in [0.1, 0.15) is 5.82 Å². The van der Waals surface area contributed by atoms with Crippen LogP contribution >= 0.6 is 0 Å². The third kappa shape index (κ3) is 3.59. The molecule has 0 aliphatic carbocycles. The fourth-order valence-electron chi connectivity index (χ4n) is 1.41. The van der Waals surface area contributed by atoms with Gasteiger partial charge in [0.25, 0.3) is 5.91 Å². The number of hydrogen-bond donors (Lipinski definition) is 2. The van der Waals surface area contributed by atoms with E-state index in [2.05, 4.69) is 5.32 Å². The fraction of sp³-hybridized carbons (Fsp3) is 0.308. The lowest BCUT2D eigenvalue weighted by atomic mass is 10.1. The SMILES string of the molecule is CC(C)=CCNC(=O)c1cc(N)cc(C)c1F. The van der Waals surface area contributed by atoms with Gasteiger partial charge in [0.15, 0.2) is 0 Å². The summed E-state index contributed by atoms with van der Waals surface area (Å²) < 4.78 is 13.7. The molecule has 1 rings (SSSR count). The van der Waals surface area contributed by atoms with Crippen molar-refractivity contribution in [3.63, 3.8) is 0 Å². The average Bonchev–Trinajstić information content (AvgIpc) is 2.22. The summed E-state index contributed by atoms with van der Waals surface area (Å²) in [5.41, 5.74) is 7.42. The Balaban J connectivity index is 2.86. The average molecular weight is 236 g/mol. The first-order valence-electron chi connectivity index (χ1n) is 5.39. The molecule has 3 N–H and O–H groups in total. The van der Waals surface area contributed by atoms with Crippen molar-refractivity contribution in [2.24, 2.45) is 0 Å². The molecule has 0 spiro atoms. The number of carbonyl (C=O) groups excluding carboxylic acids is 1.